The molecule has 1 saturated heterocycles. The molecule has 2 amide bonds. The number of benzene rings is 2. The Kier molecular flexibility index (Phi) is 8.64. The molecule has 0 bridgehead atoms. The number of hydrogen-bond acceptors (Lipinski definition) is 5. The van der Waals surface area contributed by atoms with Crippen LogP contribution in [0.25, 0.3) is 22.8 Å². The van der Waals surface area contributed by atoms with Gasteiger partial charge in [0.2, 0.25) is 0 Å². The van der Waals surface area contributed by atoms with Crippen molar-refractivity contribution in [1.82, 2.24) is 29.4 Å². The number of carbonyl (C=O) groups is 2. The van der Waals surface area contributed by atoms with Crippen molar-refractivity contribution >= 4 is 11.8 Å². The Labute approximate surface area is 263 Å². The average molecular weight is 636 g/mol. The lowest BCUT2D eigenvalue weighted by atomic mass is 10.0. The number of amides is 2. The van der Waals surface area contributed by atoms with E-state index < -0.39 is 23.2 Å². The molecule has 1 fully saturated rings. The van der Waals surface area contributed by atoms with Crippen molar-refractivity contribution in [3.63, 3.8) is 0 Å². The van der Waals surface area contributed by atoms with Crippen molar-refractivity contribution in [3.05, 3.63) is 87.8 Å². The van der Waals surface area contributed by atoms with Gasteiger partial charge in [0.15, 0.2) is 6.54 Å². The maximum absolute atomic E-state index is 14.0. The molecule has 46 heavy (non-hydrogen) atoms. The number of hydrogen-bond donors (Lipinski definition) is 1. The molecule has 5 rings (SSSR count). The summed E-state index contributed by atoms with van der Waals surface area (Å²) in [5.41, 5.74) is -0.660. The van der Waals surface area contributed by atoms with Gasteiger partial charge in [-0.3, -0.25) is 19.1 Å². The molecule has 0 saturated carbocycles. The second-order valence-corrected chi connectivity index (χ2v) is 12.3. The standard InChI is InChI=1S/C32H33F3N8O3/c1-39-29(26-12-15-37-41(26)24-10-8-21(19-36)9-11-24)28(31(46)42(39)25-7-5-6-22(18-25)32(33,34)35)30(45)38-23-13-16-40(17-14-23)27(44)20-43(2,3)4/h5-12,15,18,23H,13-14,16-17,20H2,1-4H3/p+1. The van der Waals surface area contributed by atoms with E-state index in [4.69, 9.17) is 0 Å². The zero-order valence-corrected chi connectivity index (χ0v) is 25.9. The highest BCUT2D eigenvalue weighted by Gasteiger charge is 2.34. The van der Waals surface area contributed by atoms with Crippen LogP contribution in [0.15, 0.2) is 65.6 Å². The summed E-state index contributed by atoms with van der Waals surface area (Å²) >= 11 is 0. The van der Waals surface area contributed by atoms with E-state index in [1.165, 1.54) is 34.7 Å². The summed E-state index contributed by atoms with van der Waals surface area (Å²) < 4.78 is 45.2. The summed E-state index contributed by atoms with van der Waals surface area (Å²) in [6.07, 6.45) is -2.22. The van der Waals surface area contributed by atoms with Gasteiger partial charge in [0, 0.05) is 26.2 Å². The van der Waals surface area contributed by atoms with Crippen molar-refractivity contribution < 1.29 is 27.2 Å². The molecule has 240 valence electrons. The molecule has 0 radical (unpaired) electrons. The minimum Gasteiger partial charge on any atom is -0.349 e. The molecule has 2 aromatic heterocycles. The monoisotopic (exact) mass is 635 g/mol. The molecule has 1 aliphatic heterocycles. The third-order valence-electron chi connectivity index (χ3n) is 7.83. The number of quaternary nitrogens is 1. The number of likely N-dealkylation sites (tertiary alicyclic amines) is 1. The molecule has 0 unspecified atom stereocenters. The molecular formula is C32H34F3N8O3+. The van der Waals surface area contributed by atoms with Crippen molar-refractivity contribution in [2.75, 3.05) is 40.8 Å². The first-order valence-corrected chi connectivity index (χ1v) is 14.6. The molecule has 0 aliphatic carbocycles. The normalized spacial score (nSPS) is 14.3. The number of likely N-dealkylation sites (N-methyl/N-ethyl adjacent to an activating group) is 1. The van der Waals surface area contributed by atoms with Gasteiger partial charge in [-0.2, -0.15) is 23.5 Å². The largest absolute Gasteiger partial charge is 0.416 e. The molecule has 3 heterocycles. The van der Waals surface area contributed by atoms with E-state index in [0.29, 0.717) is 53.9 Å². The number of nitrogens with zero attached hydrogens (tertiary/aromatic N) is 7. The zero-order valence-electron chi connectivity index (χ0n) is 25.9. The van der Waals surface area contributed by atoms with Gasteiger partial charge in [-0.05, 0) is 61.4 Å². The fourth-order valence-corrected chi connectivity index (χ4v) is 5.61. The molecule has 14 heteroatoms. The van der Waals surface area contributed by atoms with Crippen LogP contribution in [0, 0.1) is 11.3 Å². The minimum atomic E-state index is -4.65. The third-order valence-corrected chi connectivity index (χ3v) is 7.83. The minimum absolute atomic E-state index is 0.0164. The van der Waals surface area contributed by atoms with E-state index in [0.717, 1.165) is 16.8 Å². The summed E-state index contributed by atoms with van der Waals surface area (Å²) in [7, 11) is 7.28. The van der Waals surface area contributed by atoms with Crippen molar-refractivity contribution in [1.29, 1.82) is 5.26 Å². The van der Waals surface area contributed by atoms with Gasteiger partial charge in [-0.25, -0.2) is 9.36 Å². The maximum atomic E-state index is 14.0. The number of aromatic nitrogens is 4. The van der Waals surface area contributed by atoms with Crippen LogP contribution in [-0.2, 0) is 18.0 Å². The lowest BCUT2D eigenvalue weighted by molar-refractivity contribution is -0.862. The highest BCUT2D eigenvalue weighted by Crippen LogP contribution is 2.31. The van der Waals surface area contributed by atoms with Crippen LogP contribution in [0.4, 0.5) is 13.2 Å². The second kappa shape index (κ2) is 12.3. The van der Waals surface area contributed by atoms with Crippen molar-refractivity contribution in [2.45, 2.75) is 25.1 Å². The Morgan fingerprint density at radius 3 is 2.33 bits per heavy atom. The van der Waals surface area contributed by atoms with Gasteiger partial charge in [-0.1, -0.05) is 6.07 Å². The number of piperidine rings is 1. The Morgan fingerprint density at radius 1 is 1.04 bits per heavy atom. The lowest BCUT2D eigenvalue weighted by Gasteiger charge is -2.34. The van der Waals surface area contributed by atoms with Gasteiger partial charge < -0.3 is 14.7 Å². The van der Waals surface area contributed by atoms with Crippen LogP contribution in [0.5, 0.6) is 0 Å². The topological polar surface area (TPSA) is 118 Å². The van der Waals surface area contributed by atoms with Crippen LogP contribution >= 0.6 is 0 Å². The second-order valence-electron chi connectivity index (χ2n) is 12.3. The smallest absolute Gasteiger partial charge is 0.349 e. The molecule has 0 spiro atoms. The Morgan fingerprint density at radius 2 is 1.72 bits per heavy atom. The molecule has 1 N–H and O–H groups in total. The van der Waals surface area contributed by atoms with Crippen molar-refractivity contribution in [2.24, 2.45) is 7.05 Å². The number of nitrogens with one attached hydrogen (secondary N) is 1. The number of nitriles is 1. The Hall–Kier alpha value is -5.16. The van der Waals surface area contributed by atoms with Gasteiger partial charge in [0.25, 0.3) is 17.4 Å². The summed E-state index contributed by atoms with van der Waals surface area (Å²) in [6.45, 7) is 1.21. The average Bonchev–Trinajstić information content (AvgIpc) is 3.58. The lowest BCUT2D eigenvalue weighted by Crippen LogP contribution is -2.51. The number of halogens is 3. The Bertz CT molecular complexity index is 1870. The van der Waals surface area contributed by atoms with Gasteiger partial charge in [0.05, 0.1) is 61.6 Å². The maximum Gasteiger partial charge on any atom is 0.416 e. The predicted molar refractivity (Wildman–Crippen MR) is 163 cm³/mol. The van der Waals surface area contributed by atoms with E-state index in [1.807, 2.05) is 27.2 Å². The highest BCUT2D eigenvalue weighted by molar-refractivity contribution is 6.00. The van der Waals surface area contributed by atoms with E-state index in [2.05, 4.69) is 10.4 Å². The molecule has 11 nitrogen and oxygen atoms in total. The van der Waals surface area contributed by atoms with E-state index >= 15 is 0 Å². The number of rotatable bonds is 7. The third kappa shape index (κ3) is 6.59. The zero-order chi connectivity index (χ0) is 33.4. The molecule has 4 aromatic rings. The summed E-state index contributed by atoms with van der Waals surface area (Å²) in [4.78, 5) is 42.4. The van der Waals surface area contributed by atoms with Gasteiger partial charge >= 0.3 is 6.18 Å². The number of carbonyl (C=O) groups excluding carboxylic acids is 2. The van der Waals surface area contributed by atoms with Crippen LogP contribution in [-0.4, -0.2) is 87.2 Å². The first kappa shape index (κ1) is 32.2. The van der Waals surface area contributed by atoms with Crippen LogP contribution < -0.4 is 10.9 Å². The van der Waals surface area contributed by atoms with Gasteiger partial charge in [0.1, 0.15) is 11.3 Å². The Balaban J connectivity index is 1.54. The van der Waals surface area contributed by atoms with E-state index in [9.17, 15) is 32.8 Å². The highest BCUT2D eigenvalue weighted by atomic mass is 19.4. The van der Waals surface area contributed by atoms with Crippen LogP contribution in [0.1, 0.15) is 34.3 Å². The summed E-state index contributed by atoms with van der Waals surface area (Å²) in [5, 5.41) is 16.5. The molecule has 2 aromatic carbocycles. The first-order valence-electron chi connectivity index (χ1n) is 14.6. The predicted octanol–water partition coefficient (Wildman–Crippen LogP) is 3.35. The van der Waals surface area contributed by atoms with E-state index in [-0.39, 0.29) is 28.9 Å². The van der Waals surface area contributed by atoms with E-state index in [1.54, 1.807) is 35.2 Å². The quantitative estimate of drug-likeness (QED) is 0.313. The number of alkyl halides is 3. The summed E-state index contributed by atoms with van der Waals surface area (Å²) in [5.74, 6) is -0.673. The molecule has 0 atom stereocenters. The van der Waals surface area contributed by atoms with Crippen LogP contribution in [0.2, 0.25) is 0 Å². The summed E-state index contributed by atoms with van der Waals surface area (Å²) in [6, 6.07) is 14.1. The fourth-order valence-electron chi connectivity index (χ4n) is 5.61. The van der Waals surface area contributed by atoms with Crippen LogP contribution in [0.3, 0.4) is 0 Å². The molecule has 1 aliphatic rings. The fraction of sp³-hybridized carbons (Fsp3) is 0.344. The first-order chi connectivity index (χ1) is 21.7. The SMILES string of the molecule is Cn1c(-c2ccnn2-c2ccc(C#N)cc2)c(C(=O)NC2CCN(C(=O)C[N+](C)(C)C)CC2)c(=O)n1-c1cccc(C(F)(F)F)c1. The van der Waals surface area contributed by atoms with Gasteiger partial charge in [-0.15, -0.1) is 0 Å². The molecular weight excluding hydrogens is 601 g/mol. The van der Waals surface area contributed by atoms with Crippen molar-refractivity contribution in [3.8, 4) is 28.8 Å².